The maximum atomic E-state index is 12.2. The van der Waals surface area contributed by atoms with E-state index in [2.05, 4.69) is 11.4 Å². The van der Waals surface area contributed by atoms with E-state index in [9.17, 15) is 9.59 Å². The minimum atomic E-state index is -0.00695. The highest BCUT2D eigenvalue weighted by atomic mass is 32.1. The lowest BCUT2D eigenvalue weighted by molar-refractivity contribution is -0.134. The molecular formula is C17H17NO3S. The molecular weight excluding hydrogens is 298 g/mol. The van der Waals surface area contributed by atoms with Crippen LogP contribution in [0.5, 0.6) is 5.75 Å². The van der Waals surface area contributed by atoms with Crippen LogP contribution >= 0.6 is 11.3 Å². The molecule has 1 aromatic heterocycles. The molecule has 0 spiro atoms. The van der Waals surface area contributed by atoms with Crippen LogP contribution in [0.15, 0.2) is 35.7 Å². The summed E-state index contributed by atoms with van der Waals surface area (Å²) in [6, 6.07) is 8.94. The third-order valence-electron chi connectivity index (χ3n) is 3.78. The lowest BCUT2D eigenvalue weighted by Gasteiger charge is -2.26. The minimum absolute atomic E-state index is 0.00695. The first kappa shape index (κ1) is 14.8. The van der Waals surface area contributed by atoms with Crippen LogP contribution in [-0.4, -0.2) is 29.7 Å². The molecule has 0 aliphatic carbocycles. The first-order valence-corrected chi connectivity index (χ1v) is 8.08. The molecule has 4 nitrogen and oxygen atoms in total. The number of ether oxygens (including phenoxy) is 1. The van der Waals surface area contributed by atoms with E-state index in [0.29, 0.717) is 17.9 Å². The zero-order valence-corrected chi connectivity index (χ0v) is 13.2. The number of ketones is 1. The molecule has 3 rings (SSSR count). The van der Waals surface area contributed by atoms with Crippen LogP contribution in [0.25, 0.3) is 0 Å². The fourth-order valence-electron chi connectivity index (χ4n) is 2.48. The molecule has 0 unspecified atom stereocenters. The molecule has 0 atom stereocenters. The number of carbonyl (C=O) groups is 2. The monoisotopic (exact) mass is 315 g/mol. The summed E-state index contributed by atoms with van der Waals surface area (Å²) in [5.74, 6) is 0.613. The van der Waals surface area contributed by atoms with Crippen LogP contribution in [0.3, 0.4) is 0 Å². The fourth-order valence-corrected chi connectivity index (χ4v) is 3.37. The summed E-state index contributed by atoms with van der Waals surface area (Å²) >= 11 is 1.76. The SMILES string of the molecule is CC(=O)c1ccc(OCC(=O)N2CCc3sccc3C2)cc1. The van der Waals surface area contributed by atoms with E-state index in [1.807, 2.05) is 4.90 Å². The van der Waals surface area contributed by atoms with Gasteiger partial charge < -0.3 is 9.64 Å². The quantitative estimate of drug-likeness (QED) is 0.815. The largest absolute Gasteiger partial charge is 0.484 e. The Kier molecular flexibility index (Phi) is 4.24. The molecule has 0 fully saturated rings. The van der Waals surface area contributed by atoms with E-state index in [1.54, 1.807) is 35.6 Å². The average molecular weight is 315 g/mol. The highest BCUT2D eigenvalue weighted by molar-refractivity contribution is 7.10. The molecule has 0 radical (unpaired) electrons. The van der Waals surface area contributed by atoms with Crippen LogP contribution in [-0.2, 0) is 17.8 Å². The third-order valence-corrected chi connectivity index (χ3v) is 4.81. The first-order chi connectivity index (χ1) is 10.6. The Morgan fingerprint density at radius 3 is 2.73 bits per heavy atom. The zero-order chi connectivity index (χ0) is 15.5. The second-order valence-electron chi connectivity index (χ2n) is 5.30. The molecule has 1 aromatic carbocycles. The summed E-state index contributed by atoms with van der Waals surface area (Å²) in [6.45, 7) is 2.97. The molecule has 2 heterocycles. The van der Waals surface area contributed by atoms with Crippen molar-refractivity contribution in [2.24, 2.45) is 0 Å². The predicted molar refractivity (Wildman–Crippen MR) is 85.4 cm³/mol. The molecule has 114 valence electrons. The van der Waals surface area contributed by atoms with Gasteiger partial charge in [-0.05, 0) is 54.6 Å². The van der Waals surface area contributed by atoms with Crippen LogP contribution < -0.4 is 4.74 Å². The Hall–Kier alpha value is -2.14. The van der Waals surface area contributed by atoms with Gasteiger partial charge in [-0.2, -0.15) is 0 Å². The number of nitrogens with zero attached hydrogens (tertiary/aromatic N) is 1. The second kappa shape index (κ2) is 6.32. The van der Waals surface area contributed by atoms with Gasteiger partial charge in [0.15, 0.2) is 12.4 Å². The Morgan fingerprint density at radius 2 is 2.00 bits per heavy atom. The van der Waals surface area contributed by atoms with Crippen LogP contribution in [0.1, 0.15) is 27.7 Å². The van der Waals surface area contributed by atoms with Crippen LogP contribution in [0.2, 0.25) is 0 Å². The topological polar surface area (TPSA) is 46.6 Å². The Balaban J connectivity index is 1.55. The minimum Gasteiger partial charge on any atom is -0.484 e. The summed E-state index contributed by atoms with van der Waals surface area (Å²) in [6.07, 6.45) is 0.923. The van der Waals surface area contributed by atoms with Gasteiger partial charge in [0.2, 0.25) is 0 Å². The smallest absolute Gasteiger partial charge is 0.260 e. The van der Waals surface area contributed by atoms with Gasteiger partial charge >= 0.3 is 0 Å². The Labute approximate surface area is 133 Å². The summed E-state index contributed by atoms with van der Waals surface area (Å²) in [5, 5.41) is 2.08. The van der Waals surface area contributed by atoms with Crippen LogP contribution in [0.4, 0.5) is 0 Å². The highest BCUT2D eigenvalue weighted by Gasteiger charge is 2.21. The van der Waals surface area contributed by atoms with Gasteiger partial charge in [-0.25, -0.2) is 0 Å². The Bertz CT molecular complexity index is 690. The Morgan fingerprint density at radius 1 is 1.23 bits per heavy atom. The van der Waals surface area contributed by atoms with E-state index in [-0.39, 0.29) is 18.3 Å². The van der Waals surface area contributed by atoms with E-state index in [0.717, 1.165) is 13.0 Å². The number of carbonyl (C=O) groups excluding carboxylic acids is 2. The van der Waals surface area contributed by atoms with E-state index < -0.39 is 0 Å². The first-order valence-electron chi connectivity index (χ1n) is 7.20. The molecule has 1 aliphatic rings. The average Bonchev–Trinajstić information content (AvgIpc) is 3.00. The molecule has 0 saturated carbocycles. The zero-order valence-electron chi connectivity index (χ0n) is 12.4. The maximum Gasteiger partial charge on any atom is 0.260 e. The summed E-state index contributed by atoms with van der Waals surface area (Å²) in [7, 11) is 0. The van der Waals surface area contributed by atoms with Crippen molar-refractivity contribution in [1.82, 2.24) is 4.90 Å². The summed E-state index contributed by atoms with van der Waals surface area (Å²) < 4.78 is 5.53. The lowest BCUT2D eigenvalue weighted by atomic mass is 10.1. The van der Waals surface area contributed by atoms with E-state index in [1.165, 1.54) is 17.4 Å². The number of hydrogen-bond acceptors (Lipinski definition) is 4. The lowest BCUT2D eigenvalue weighted by Crippen LogP contribution is -2.38. The molecule has 5 heteroatoms. The molecule has 1 aliphatic heterocycles. The molecule has 0 N–H and O–H groups in total. The second-order valence-corrected chi connectivity index (χ2v) is 6.30. The fraction of sp³-hybridized carbons (Fsp3) is 0.294. The van der Waals surface area contributed by atoms with Crippen molar-refractivity contribution in [2.75, 3.05) is 13.2 Å². The van der Waals surface area contributed by atoms with Gasteiger partial charge in [0.1, 0.15) is 5.75 Å². The van der Waals surface area contributed by atoms with Gasteiger partial charge in [-0.1, -0.05) is 0 Å². The van der Waals surface area contributed by atoms with Crippen molar-refractivity contribution in [1.29, 1.82) is 0 Å². The normalized spacial score (nSPS) is 13.6. The van der Waals surface area contributed by atoms with Crippen LogP contribution in [0, 0.1) is 0 Å². The molecule has 0 bridgehead atoms. The number of amides is 1. The van der Waals surface area contributed by atoms with Crippen molar-refractivity contribution in [2.45, 2.75) is 19.9 Å². The number of benzene rings is 1. The van der Waals surface area contributed by atoms with Gasteiger partial charge in [-0.3, -0.25) is 9.59 Å². The standard InChI is InChI=1S/C17H17NO3S/c1-12(19)13-2-4-15(5-3-13)21-11-17(20)18-8-6-16-14(10-18)7-9-22-16/h2-5,7,9H,6,8,10-11H2,1H3. The molecule has 0 saturated heterocycles. The van der Waals surface area contributed by atoms with Crippen molar-refractivity contribution in [3.05, 3.63) is 51.7 Å². The van der Waals surface area contributed by atoms with E-state index >= 15 is 0 Å². The van der Waals surface area contributed by atoms with Crippen molar-refractivity contribution < 1.29 is 14.3 Å². The van der Waals surface area contributed by atoms with Crippen molar-refractivity contribution in [3.8, 4) is 5.75 Å². The highest BCUT2D eigenvalue weighted by Crippen LogP contribution is 2.24. The number of fused-ring (bicyclic) bond motifs is 1. The van der Waals surface area contributed by atoms with Gasteiger partial charge in [0.05, 0.1) is 0 Å². The predicted octanol–water partition coefficient (Wildman–Crippen LogP) is 2.91. The van der Waals surface area contributed by atoms with Crippen molar-refractivity contribution >= 4 is 23.0 Å². The summed E-state index contributed by atoms with van der Waals surface area (Å²) in [5.41, 5.74) is 1.88. The molecule has 1 amide bonds. The van der Waals surface area contributed by atoms with Gasteiger partial charge in [0.25, 0.3) is 5.91 Å². The van der Waals surface area contributed by atoms with E-state index in [4.69, 9.17) is 4.74 Å². The molecule has 22 heavy (non-hydrogen) atoms. The third kappa shape index (κ3) is 3.20. The van der Waals surface area contributed by atoms with Crippen molar-refractivity contribution in [3.63, 3.8) is 0 Å². The number of rotatable bonds is 4. The number of Topliss-reactive ketones (excluding diaryl/α,β-unsaturated/α-hetero) is 1. The maximum absolute atomic E-state index is 12.2. The molecule has 2 aromatic rings. The number of hydrogen-bond donors (Lipinski definition) is 0. The van der Waals surface area contributed by atoms with Gasteiger partial charge in [0, 0.05) is 23.5 Å². The number of thiophene rings is 1. The van der Waals surface area contributed by atoms with Gasteiger partial charge in [-0.15, -0.1) is 11.3 Å². The summed E-state index contributed by atoms with van der Waals surface area (Å²) in [4.78, 5) is 26.6.